The third-order valence-electron chi connectivity index (χ3n) is 4.19. The largest absolute Gasteiger partial charge is 0.419 e. The number of hydrogen-bond donors (Lipinski definition) is 0. The van der Waals surface area contributed by atoms with E-state index < -0.39 is 0 Å². The van der Waals surface area contributed by atoms with Crippen LogP contribution in [0.1, 0.15) is 17.3 Å². The number of hydrogen-bond acceptors (Lipinski definition) is 6. The Morgan fingerprint density at radius 2 is 1.89 bits per heavy atom. The molecule has 0 atom stereocenters. The van der Waals surface area contributed by atoms with Crippen molar-refractivity contribution in [3.8, 4) is 11.5 Å². The standard InChI is InChI=1S/C20H20N6O/c1-25(15-19-23-24-20(27-19)17-8-5-9-21-12-17)14-18-22-10-11-26(18)13-16-6-3-2-4-7-16/h2-12H,13-15H2,1H3. The lowest BCUT2D eigenvalue weighted by Gasteiger charge is -2.15. The molecule has 0 spiro atoms. The smallest absolute Gasteiger partial charge is 0.249 e. The van der Waals surface area contributed by atoms with Crippen LogP contribution in [0.3, 0.4) is 0 Å². The first-order valence-corrected chi connectivity index (χ1v) is 8.73. The Kier molecular flexibility index (Phi) is 5.02. The fraction of sp³-hybridized carbons (Fsp3) is 0.200. The Balaban J connectivity index is 1.40. The number of aromatic nitrogens is 5. The fourth-order valence-corrected chi connectivity index (χ4v) is 2.87. The SMILES string of the molecule is CN(Cc1nnc(-c2cccnc2)o1)Cc1nccn1Cc1ccccc1. The molecule has 0 N–H and O–H groups in total. The van der Waals surface area contributed by atoms with E-state index in [1.165, 1.54) is 5.56 Å². The Bertz CT molecular complexity index is 980. The van der Waals surface area contributed by atoms with E-state index in [-0.39, 0.29) is 0 Å². The molecule has 0 aliphatic heterocycles. The highest BCUT2D eigenvalue weighted by atomic mass is 16.4. The average Bonchev–Trinajstić information content (AvgIpc) is 3.33. The Morgan fingerprint density at radius 1 is 1.00 bits per heavy atom. The van der Waals surface area contributed by atoms with Gasteiger partial charge in [0.25, 0.3) is 0 Å². The first kappa shape index (κ1) is 17.1. The van der Waals surface area contributed by atoms with Crippen molar-refractivity contribution in [3.05, 3.63) is 84.5 Å². The zero-order valence-corrected chi connectivity index (χ0v) is 15.1. The predicted octanol–water partition coefficient (Wildman–Crippen LogP) is 3.01. The first-order chi connectivity index (χ1) is 13.3. The molecular weight excluding hydrogens is 340 g/mol. The summed E-state index contributed by atoms with van der Waals surface area (Å²) in [5.74, 6) is 2.04. The number of pyridine rings is 1. The van der Waals surface area contributed by atoms with Crippen molar-refractivity contribution < 1.29 is 4.42 Å². The van der Waals surface area contributed by atoms with E-state index in [0.29, 0.717) is 24.9 Å². The Hall–Kier alpha value is -3.32. The molecule has 0 fully saturated rings. The van der Waals surface area contributed by atoms with Crippen LogP contribution >= 0.6 is 0 Å². The summed E-state index contributed by atoms with van der Waals surface area (Å²) in [5, 5.41) is 8.24. The van der Waals surface area contributed by atoms with Crippen LogP contribution in [0.5, 0.6) is 0 Å². The van der Waals surface area contributed by atoms with Gasteiger partial charge in [-0.1, -0.05) is 30.3 Å². The van der Waals surface area contributed by atoms with Gasteiger partial charge in [-0.2, -0.15) is 0 Å². The van der Waals surface area contributed by atoms with Gasteiger partial charge >= 0.3 is 0 Å². The van der Waals surface area contributed by atoms with Crippen LogP contribution in [0.2, 0.25) is 0 Å². The molecule has 0 saturated carbocycles. The van der Waals surface area contributed by atoms with Gasteiger partial charge in [-0.3, -0.25) is 9.88 Å². The van der Waals surface area contributed by atoms with E-state index in [1.807, 2.05) is 49.8 Å². The van der Waals surface area contributed by atoms with Gasteiger partial charge in [0.2, 0.25) is 11.8 Å². The van der Waals surface area contributed by atoms with E-state index >= 15 is 0 Å². The fourth-order valence-electron chi connectivity index (χ4n) is 2.87. The van der Waals surface area contributed by atoms with E-state index in [2.05, 4.69) is 41.8 Å². The van der Waals surface area contributed by atoms with Crippen molar-refractivity contribution >= 4 is 0 Å². The van der Waals surface area contributed by atoms with Gasteiger partial charge in [0.15, 0.2) is 0 Å². The Labute approximate surface area is 157 Å². The average molecular weight is 360 g/mol. The van der Waals surface area contributed by atoms with Crippen molar-refractivity contribution in [2.45, 2.75) is 19.6 Å². The van der Waals surface area contributed by atoms with Crippen molar-refractivity contribution in [1.82, 2.24) is 29.6 Å². The molecule has 3 heterocycles. The highest BCUT2D eigenvalue weighted by Gasteiger charge is 2.13. The molecule has 0 radical (unpaired) electrons. The monoisotopic (exact) mass is 360 g/mol. The molecule has 3 aromatic heterocycles. The maximum Gasteiger partial charge on any atom is 0.249 e. The van der Waals surface area contributed by atoms with Crippen molar-refractivity contribution in [2.75, 3.05) is 7.05 Å². The number of nitrogens with zero attached hydrogens (tertiary/aromatic N) is 6. The molecule has 7 nitrogen and oxygen atoms in total. The second kappa shape index (κ2) is 7.92. The second-order valence-corrected chi connectivity index (χ2v) is 6.37. The third kappa shape index (κ3) is 4.27. The van der Waals surface area contributed by atoms with E-state index in [0.717, 1.165) is 17.9 Å². The molecule has 0 saturated heterocycles. The summed E-state index contributed by atoms with van der Waals surface area (Å²) in [5.41, 5.74) is 2.06. The Morgan fingerprint density at radius 3 is 2.70 bits per heavy atom. The van der Waals surface area contributed by atoms with Gasteiger partial charge in [0, 0.05) is 31.3 Å². The maximum absolute atomic E-state index is 5.75. The van der Waals surface area contributed by atoms with Crippen LogP contribution in [0.4, 0.5) is 0 Å². The lowest BCUT2D eigenvalue weighted by molar-refractivity contribution is 0.273. The lowest BCUT2D eigenvalue weighted by Crippen LogP contribution is -2.20. The summed E-state index contributed by atoms with van der Waals surface area (Å²) >= 11 is 0. The molecule has 27 heavy (non-hydrogen) atoms. The van der Waals surface area contributed by atoms with Gasteiger partial charge in [-0.05, 0) is 24.7 Å². The van der Waals surface area contributed by atoms with Crippen LogP contribution in [-0.4, -0.2) is 36.7 Å². The zero-order chi connectivity index (χ0) is 18.5. The van der Waals surface area contributed by atoms with Crippen molar-refractivity contribution in [1.29, 1.82) is 0 Å². The summed E-state index contributed by atoms with van der Waals surface area (Å²) in [7, 11) is 2.01. The molecule has 0 aliphatic rings. The minimum absolute atomic E-state index is 0.483. The molecular formula is C20H20N6O. The summed E-state index contributed by atoms with van der Waals surface area (Å²) in [6.45, 7) is 2.03. The quantitative estimate of drug-likeness (QED) is 0.504. The lowest BCUT2D eigenvalue weighted by atomic mass is 10.2. The summed E-state index contributed by atoms with van der Waals surface area (Å²) < 4.78 is 7.91. The van der Waals surface area contributed by atoms with Gasteiger partial charge in [-0.15, -0.1) is 10.2 Å². The van der Waals surface area contributed by atoms with Crippen molar-refractivity contribution in [2.24, 2.45) is 0 Å². The van der Waals surface area contributed by atoms with E-state index in [1.54, 1.807) is 12.4 Å². The van der Waals surface area contributed by atoms with Crippen molar-refractivity contribution in [3.63, 3.8) is 0 Å². The summed E-state index contributed by atoms with van der Waals surface area (Å²) in [6, 6.07) is 14.1. The highest BCUT2D eigenvalue weighted by molar-refractivity contribution is 5.49. The minimum Gasteiger partial charge on any atom is -0.419 e. The predicted molar refractivity (Wildman–Crippen MR) is 100 cm³/mol. The molecule has 0 aliphatic carbocycles. The molecule has 0 unspecified atom stereocenters. The highest BCUT2D eigenvalue weighted by Crippen LogP contribution is 2.17. The van der Waals surface area contributed by atoms with Gasteiger partial charge in [-0.25, -0.2) is 4.98 Å². The first-order valence-electron chi connectivity index (χ1n) is 8.73. The van der Waals surface area contributed by atoms with Gasteiger partial charge in [0.05, 0.1) is 18.7 Å². The van der Waals surface area contributed by atoms with Crippen LogP contribution < -0.4 is 0 Å². The van der Waals surface area contributed by atoms with Crippen LogP contribution in [-0.2, 0) is 19.6 Å². The molecule has 7 heteroatoms. The third-order valence-corrected chi connectivity index (χ3v) is 4.19. The van der Waals surface area contributed by atoms with Crippen LogP contribution in [0, 0.1) is 0 Å². The van der Waals surface area contributed by atoms with E-state index in [4.69, 9.17) is 4.42 Å². The summed E-state index contributed by atoms with van der Waals surface area (Å²) in [4.78, 5) is 10.7. The molecule has 1 aromatic carbocycles. The second-order valence-electron chi connectivity index (χ2n) is 6.37. The van der Waals surface area contributed by atoms with Crippen LogP contribution in [0.25, 0.3) is 11.5 Å². The van der Waals surface area contributed by atoms with E-state index in [9.17, 15) is 0 Å². The number of rotatable bonds is 7. The minimum atomic E-state index is 0.483. The maximum atomic E-state index is 5.75. The van der Waals surface area contributed by atoms with Gasteiger partial charge in [0.1, 0.15) is 5.82 Å². The zero-order valence-electron chi connectivity index (χ0n) is 15.1. The normalized spacial score (nSPS) is 11.2. The van der Waals surface area contributed by atoms with Gasteiger partial charge < -0.3 is 8.98 Å². The number of benzene rings is 1. The molecule has 4 rings (SSSR count). The summed E-state index contributed by atoms with van der Waals surface area (Å²) in [6.07, 6.45) is 7.26. The van der Waals surface area contributed by atoms with Crippen LogP contribution in [0.15, 0.2) is 71.7 Å². The molecule has 4 aromatic rings. The molecule has 0 bridgehead atoms. The number of imidazole rings is 1. The topological polar surface area (TPSA) is 72.9 Å². The molecule has 0 amide bonds. The molecule has 136 valence electrons.